The van der Waals surface area contributed by atoms with Crippen LogP contribution in [0, 0.1) is 17.7 Å². The number of carbonyl (C=O) groups is 1. The Kier molecular flexibility index (Phi) is 6.87. The largest absolute Gasteiger partial charge is 0.493 e. The molecule has 0 bridgehead atoms. The second kappa shape index (κ2) is 10.3. The molecule has 2 saturated heterocycles. The lowest BCUT2D eigenvalue weighted by Gasteiger charge is -2.48. The second-order valence-corrected chi connectivity index (χ2v) is 11.5. The fraction of sp³-hybridized carbons (Fsp3) is 0.581. The van der Waals surface area contributed by atoms with Crippen molar-refractivity contribution in [1.82, 2.24) is 10.2 Å². The van der Waals surface area contributed by atoms with Gasteiger partial charge in [0.2, 0.25) is 5.91 Å². The SMILES string of the molecule is COc1ccc(F)c2c1OCC[C@]21CNC[C@H]1C(=O)N1CC[C@@H](c2ccccc2)C[C@H]1C1CCCCC1. The van der Waals surface area contributed by atoms with Crippen LogP contribution >= 0.6 is 0 Å². The molecule has 3 aliphatic heterocycles. The topological polar surface area (TPSA) is 50.8 Å². The van der Waals surface area contributed by atoms with Crippen molar-refractivity contribution in [1.29, 1.82) is 0 Å². The van der Waals surface area contributed by atoms with Crippen LogP contribution in [-0.2, 0) is 10.2 Å². The van der Waals surface area contributed by atoms with Crippen LogP contribution in [0.25, 0.3) is 0 Å². The summed E-state index contributed by atoms with van der Waals surface area (Å²) in [4.78, 5) is 16.8. The summed E-state index contributed by atoms with van der Waals surface area (Å²) < 4.78 is 27.0. The van der Waals surface area contributed by atoms with E-state index in [4.69, 9.17) is 9.47 Å². The summed E-state index contributed by atoms with van der Waals surface area (Å²) in [6.07, 6.45) is 8.84. The molecule has 198 valence electrons. The van der Waals surface area contributed by atoms with E-state index in [-0.39, 0.29) is 23.7 Å². The standard InChI is InChI=1S/C31H39FN2O3/c1-36-27-13-12-25(32)28-29(27)37-17-15-31(28)20-33-19-24(31)30(35)34-16-14-23(21-8-4-2-5-9-21)18-26(34)22-10-6-3-7-11-22/h2,4-5,8-9,12-13,22-24,26,33H,3,6-7,10-11,14-20H2,1H3/t23-,24+,26+,31-/m1/s1. The third kappa shape index (κ3) is 4.31. The Morgan fingerprint density at radius 3 is 2.70 bits per heavy atom. The first-order chi connectivity index (χ1) is 18.1. The molecule has 2 aromatic rings. The van der Waals surface area contributed by atoms with E-state index in [2.05, 4.69) is 40.5 Å². The fourth-order valence-corrected chi connectivity index (χ4v) is 7.84. The normalized spacial score (nSPS) is 30.1. The van der Waals surface area contributed by atoms with Gasteiger partial charge in [-0.3, -0.25) is 4.79 Å². The lowest BCUT2D eigenvalue weighted by molar-refractivity contribution is -0.143. The van der Waals surface area contributed by atoms with Crippen LogP contribution in [0.15, 0.2) is 42.5 Å². The predicted molar refractivity (Wildman–Crippen MR) is 142 cm³/mol. The van der Waals surface area contributed by atoms with Crippen molar-refractivity contribution in [2.75, 3.05) is 33.4 Å². The van der Waals surface area contributed by atoms with Gasteiger partial charge in [-0.1, -0.05) is 49.6 Å². The monoisotopic (exact) mass is 506 g/mol. The highest BCUT2D eigenvalue weighted by Crippen LogP contribution is 2.51. The molecule has 0 aromatic heterocycles. The molecule has 1 saturated carbocycles. The molecule has 4 aliphatic rings. The molecule has 6 heteroatoms. The first-order valence-corrected chi connectivity index (χ1v) is 14.2. The number of ether oxygens (including phenoxy) is 2. The van der Waals surface area contributed by atoms with Crippen LogP contribution in [0.4, 0.5) is 4.39 Å². The van der Waals surface area contributed by atoms with E-state index in [0.717, 1.165) is 19.4 Å². The molecular weight excluding hydrogens is 467 g/mol. The lowest BCUT2D eigenvalue weighted by Crippen LogP contribution is -2.55. The summed E-state index contributed by atoms with van der Waals surface area (Å²) in [5.74, 6) is 1.63. The van der Waals surface area contributed by atoms with Gasteiger partial charge in [0.1, 0.15) is 5.82 Å². The molecule has 0 radical (unpaired) electrons. The van der Waals surface area contributed by atoms with E-state index in [9.17, 15) is 4.79 Å². The molecular formula is C31H39FN2O3. The van der Waals surface area contributed by atoms with E-state index in [1.807, 2.05) is 0 Å². The van der Waals surface area contributed by atoms with Crippen LogP contribution in [-0.4, -0.2) is 50.2 Å². The molecule has 1 amide bonds. The zero-order chi connectivity index (χ0) is 25.4. The van der Waals surface area contributed by atoms with Crippen molar-refractivity contribution in [2.24, 2.45) is 11.8 Å². The number of rotatable bonds is 4. The Hall–Kier alpha value is -2.60. The maximum atomic E-state index is 15.5. The number of nitrogens with one attached hydrogen (secondary N) is 1. The van der Waals surface area contributed by atoms with Crippen molar-refractivity contribution in [3.63, 3.8) is 0 Å². The maximum Gasteiger partial charge on any atom is 0.228 e. The smallest absolute Gasteiger partial charge is 0.228 e. The molecule has 1 spiro atoms. The van der Waals surface area contributed by atoms with E-state index < -0.39 is 5.41 Å². The van der Waals surface area contributed by atoms with Crippen molar-refractivity contribution >= 4 is 5.91 Å². The highest BCUT2D eigenvalue weighted by atomic mass is 19.1. The molecule has 37 heavy (non-hydrogen) atoms. The van der Waals surface area contributed by atoms with Crippen molar-refractivity contribution in [3.05, 3.63) is 59.4 Å². The fourth-order valence-electron chi connectivity index (χ4n) is 7.84. The van der Waals surface area contributed by atoms with Crippen LogP contribution in [0.1, 0.15) is 68.4 Å². The number of halogens is 1. The van der Waals surface area contributed by atoms with Gasteiger partial charge in [-0.05, 0) is 61.6 Å². The van der Waals surface area contributed by atoms with E-state index in [1.54, 1.807) is 13.2 Å². The number of amides is 1. The van der Waals surface area contributed by atoms with E-state index in [1.165, 1.54) is 43.7 Å². The quantitative estimate of drug-likeness (QED) is 0.601. The number of piperidine rings is 1. The van der Waals surface area contributed by atoms with Crippen molar-refractivity contribution < 1.29 is 18.7 Å². The van der Waals surface area contributed by atoms with Gasteiger partial charge in [-0.2, -0.15) is 0 Å². The minimum Gasteiger partial charge on any atom is -0.493 e. The molecule has 3 fully saturated rings. The summed E-state index contributed by atoms with van der Waals surface area (Å²) in [7, 11) is 1.58. The lowest BCUT2D eigenvalue weighted by atomic mass is 9.67. The molecule has 5 nitrogen and oxygen atoms in total. The molecule has 1 aliphatic carbocycles. The molecule has 2 aromatic carbocycles. The summed E-state index contributed by atoms with van der Waals surface area (Å²) in [6.45, 7) is 2.39. The van der Waals surface area contributed by atoms with Crippen LogP contribution in [0.5, 0.6) is 11.5 Å². The predicted octanol–water partition coefficient (Wildman–Crippen LogP) is 5.43. The van der Waals surface area contributed by atoms with Crippen LogP contribution < -0.4 is 14.8 Å². The van der Waals surface area contributed by atoms with Gasteiger partial charge in [-0.15, -0.1) is 0 Å². The van der Waals surface area contributed by atoms with E-state index in [0.29, 0.717) is 55.0 Å². The number of fused-ring (bicyclic) bond motifs is 2. The number of likely N-dealkylation sites (tertiary alicyclic amines) is 1. The Labute approximate surface area is 219 Å². The molecule has 0 unspecified atom stereocenters. The molecule has 3 heterocycles. The second-order valence-electron chi connectivity index (χ2n) is 11.5. The van der Waals surface area contributed by atoms with Gasteiger partial charge in [-0.25, -0.2) is 4.39 Å². The number of nitrogens with zero attached hydrogens (tertiary/aromatic N) is 1. The van der Waals surface area contributed by atoms with Crippen molar-refractivity contribution in [3.8, 4) is 11.5 Å². The average Bonchev–Trinajstić information content (AvgIpc) is 3.37. The summed E-state index contributed by atoms with van der Waals surface area (Å²) in [5, 5.41) is 3.48. The number of methoxy groups -OCH3 is 1. The van der Waals surface area contributed by atoms with Crippen LogP contribution in [0.2, 0.25) is 0 Å². The summed E-state index contributed by atoms with van der Waals surface area (Å²) in [5.41, 5.74) is 1.30. The number of benzene rings is 2. The molecule has 1 N–H and O–H groups in total. The van der Waals surface area contributed by atoms with Gasteiger partial charge in [0.05, 0.1) is 19.6 Å². The summed E-state index contributed by atoms with van der Waals surface area (Å²) >= 11 is 0. The van der Waals surface area contributed by atoms with Gasteiger partial charge >= 0.3 is 0 Å². The zero-order valence-corrected chi connectivity index (χ0v) is 21.9. The Balaban J connectivity index is 1.33. The Morgan fingerprint density at radius 2 is 1.92 bits per heavy atom. The first-order valence-electron chi connectivity index (χ1n) is 14.2. The van der Waals surface area contributed by atoms with Gasteiger partial charge in [0, 0.05) is 36.7 Å². The summed E-state index contributed by atoms with van der Waals surface area (Å²) in [6, 6.07) is 14.1. The first kappa shape index (κ1) is 24.7. The zero-order valence-electron chi connectivity index (χ0n) is 21.9. The minimum absolute atomic E-state index is 0.196. The number of hydrogen-bond donors (Lipinski definition) is 1. The molecule has 6 rings (SSSR count). The average molecular weight is 507 g/mol. The number of hydrogen-bond acceptors (Lipinski definition) is 4. The third-order valence-electron chi connectivity index (χ3n) is 9.73. The van der Waals surface area contributed by atoms with Gasteiger partial charge < -0.3 is 19.7 Å². The van der Waals surface area contributed by atoms with Crippen molar-refractivity contribution in [2.45, 2.75) is 68.7 Å². The Morgan fingerprint density at radius 1 is 1.11 bits per heavy atom. The Bertz CT molecular complexity index is 1120. The molecule has 4 atom stereocenters. The van der Waals surface area contributed by atoms with Gasteiger partial charge in [0.25, 0.3) is 0 Å². The number of carbonyl (C=O) groups excluding carboxylic acids is 1. The maximum absolute atomic E-state index is 15.5. The highest BCUT2D eigenvalue weighted by molar-refractivity contribution is 5.83. The third-order valence-corrected chi connectivity index (χ3v) is 9.73. The van der Waals surface area contributed by atoms with Gasteiger partial charge in [0.15, 0.2) is 11.5 Å². The van der Waals surface area contributed by atoms with Crippen LogP contribution in [0.3, 0.4) is 0 Å². The highest BCUT2D eigenvalue weighted by Gasteiger charge is 2.55. The van der Waals surface area contributed by atoms with E-state index >= 15 is 4.39 Å². The minimum atomic E-state index is -0.614.